The third-order valence-electron chi connectivity index (χ3n) is 3.94. The highest BCUT2D eigenvalue weighted by molar-refractivity contribution is 5.94. The van der Waals surface area contributed by atoms with Crippen LogP contribution in [-0.4, -0.2) is 17.9 Å². The van der Waals surface area contributed by atoms with Crippen molar-refractivity contribution in [3.63, 3.8) is 0 Å². The zero-order valence-corrected chi connectivity index (χ0v) is 13.3. The van der Waals surface area contributed by atoms with Gasteiger partial charge in [-0.05, 0) is 43.0 Å². The van der Waals surface area contributed by atoms with Crippen LogP contribution in [0.15, 0.2) is 24.3 Å². The van der Waals surface area contributed by atoms with Gasteiger partial charge < -0.3 is 16.4 Å². The van der Waals surface area contributed by atoms with E-state index in [2.05, 4.69) is 10.6 Å². The number of amides is 2. The number of anilines is 2. The summed E-state index contributed by atoms with van der Waals surface area (Å²) in [6.45, 7) is 4.01. The molecule has 1 aromatic carbocycles. The van der Waals surface area contributed by atoms with Crippen LogP contribution in [0.2, 0.25) is 0 Å². The number of hydrogen-bond acceptors (Lipinski definition) is 3. The van der Waals surface area contributed by atoms with Gasteiger partial charge in [-0.25, -0.2) is 0 Å². The summed E-state index contributed by atoms with van der Waals surface area (Å²) in [5, 5.41) is 5.74. The van der Waals surface area contributed by atoms with E-state index in [9.17, 15) is 9.59 Å². The van der Waals surface area contributed by atoms with Gasteiger partial charge >= 0.3 is 0 Å². The van der Waals surface area contributed by atoms with Crippen LogP contribution in [0.25, 0.3) is 0 Å². The Labute approximate surface area is 131 Å². The standard InChI is InChI=1S/C17H25N3O2/c1-11(2)10-16(21)19-12-6-8-13(9-7-12)20-17(22)14-4-3-5-15(14)18/h6-9,11,14-15H,3-5,10,18H2,1-2H3,(H,19,21)(H,20,22). The molecule has 1 aliphatic rings. The molecule has 1 saturated carbocycles. The van der Waals surface area contributed by atoms with Crippen LogP contribution in [-0.2, 0) is 9.59 Å². The Morgan fingerprint density at radius 1 is 1.14 bits per heavy atom. The van der Waals surface area contributed by atoms with Gasteiger partial charge in [0.2, 0.25) is 11.8 Å². The fraction of sp³-hybridized carbons (Fsp3) is 0.529. The van der Waals surface area contributed by atoms with Crippen LogP contribution in [0.4, 0.5) is 11.4 Å². The SMILES string of the molecule is CC(C)CC(=O)Nc1ccc(NC(=O)C2CCCC2N)cc1. The number of benzene rings is 1. The van der Waals surface area contributed by atoms with Crippen molar-refractivity contribution in [2.45, 2.75) is 45.6 Å². The monoisotopic (exact) mass is 303 g/mol. The van der Waals surface area contributed by atoms with E-state index in [0.29, 0.717) is 12.3 Å². The highest BCUT2D eigenvalue weighted by Crippen LogP contribution is 2.25. The number of hydrogen-bond donors (Lipinski definition) is 3. The van der Waals surface area contributed by atoms with Crippen LogP contribution in [0, 0.1) is 11.8 Å². The second kappa shape index (κ2) is 7.40. The van der Waals surface area contributed by atoms with Crippen molar-refractivity contribution in [3.05, 3.63) is 24.3 Å². The van der Waals surface area contributed by atoms with Crippen LogP contribution < -0.4 is 16.4 Å². The van der Waals surface area contributed by atoms with Gasteiger partial charge in [-0.15, -0.1) is 0 Å². The molecule has 2 rings (SSSR count). The molecule has 0 radical (unpaired) electrons. The van der Waals surface area contributed by atoms with Gasteiger partial charge in [0, 0.05) is 23.8 Å². The Kier molecular flexibility index (Phi) is 5.55. The lowest BCUT2D eigenvalue weighted by atomic mass is 10.0. The molecule has 1 aromatic rings. The minimum absolute atomic E-state index is 0.00344. The van der Waals surface area contributed by atoms with Crippen molar-refractivity contribution in [1.82, 2.24) is 0 Å². The summed E-state index contributed by atoms with van der Waals surface area (Å²) in [6.07, 6.45) is 3.29. The van der Waals surface area contributed by atoms with Crippen LogP contribution in [0.5, 0.6) is 0 Å². The van der Waals surface area contributed by atoms with E-state index in [4.69, 9.17) is 5.73 Å². The topological polar surface area (TPSA) is 84.2 Å². The molecule has 0 saturated heterocycles. The van der Waals surface area contributed by atoms with Crippen molar-refractivity contribution < 1.29 is 9.59 Å². The molecule has 0 heterocycles. The van der Waals surface area contributed by atoms with Gasteiger partial charge in [0.15, 0.2) is 0 Å². The second-order valence-electron chi connectivity index (χ2n) is 6.41. The van der Waals surface area contributed by atoms with Crippen molar-refractivity contribution in [2.24, 2.45) is 17.6 Å². The van der Waals surface area contributed by atoms with Crippen LogP contribution >= 0.6 is 0 Å². The molecular weight excluding hydrogens is 278 g/mol. The van der Waals surface area contributed by atoms with Gasteiger partial charge in [0.05, 0.1) is 5.92 Å². The van der Waals surface area contributed by atoms with E-state index < -0.39 is 0 Å². The zero-order valence-electron chi connectivity index (χ0n) is 13.3. The summed E-state index contributed by atoms with van der Waals surface area (Å²) in [7, 11) is 0. The number of carbonyl (C=O) groups excluding carboxylic acids is 2. The molecule has 0 bridgehead atoms. The Balaban J connectivity index is 1.89. The molecule has 0 spiro atoms. The number of nitrogens with one attached hydrogen (secondary N) is 2. The number of nitrogens with two attached hydrogens (primary N) is 1. The summed E-state index contributed by atoms with van der Waals surface area (Å²) < 4.78 is 0. The van der Waals surface area contributed by atoms with E-state index in [0.717, 1.165) is 30.6 Å². The Bertz CT molecular complexity index is 525. The molecule has 1 aliphatic carbocycles. The highest BCUT2D eigenvalue weighted by atomic mass is 16.2. The summed E-state index contributed by atoms with van der Waals surface area (Å²) in [5.41, 5.74) is 7.41. The number of rotatable bonds is 5. The van der Waals surface area contributed by atoms with E-state index in [1.807, 2.05) is 13.8 Å². The molecule has 2 unspecified atom stereocenters. The molecule has 2 atom stereocenters. The van der Waals surface area contributed by atoms with E-state index in [1.54, 1.807) is 24.3 Å². The van der Waals surface area contributed by atoms with Gasteiger partial charge in [0.25, 0.3) is 0 Å². The fourth-order valence-corrected chi connectivity index (χ4v) is 2.77. The van der Waals surface area contributed by atoms with Gasteiger partial charge in [-0.1, -0.05) is 20.3 Å². The third-order valence-corrected chi connectivity index (χ3v) is 3.94. The molecule has 0 aromatic heterocycles. The molecule has 120 valence electrons. The van der Waals surface area contributed by atoms with Crippen LogP contribution in [0.3, 0.4) is 0 Å². The highest BCUT2D eigenvalue weighted by Gasteiger charge is 2.30. The Morgan fingerprint density at radius 3 is 2.23 bits per heavy atom. The minimum atomic E-state index is -0.0922. The molecule has 0 aliphatic heterocycles. The predicted octanol–water partition coefficient (Wildman–Crippen LogP) is 2.74. The molecule has 4 N–H and O–H groups in total. The Morgan fingerprint density at radius 2 is 1.73 bits per heavy atom. The molecule has 1 fully saturated rings. The smallest absolute Gasteiger partial charge is 0.229 e. The largest absolute Gasteiger partial charge is 0.327 e. The van der Waals surface area contributed by atoms with Gasteiger partial charge in [-0.2, -0.15) is 0 Å². The lowest BCUT2D eigenvalue weighted by molar-refractivity contribution is -0.120. The summed E-state index contributed by atoms with van der Waals surface area (Å²) in [6, 6.07) is 7.15. The first kappa shape index (κ1) is 16.5. The summed E-state index contributed by atoms with van der Waals surface area (Å²) in [4.78, 5) is 23.8. The van der Waals surface area contributed by atoms with Gasteiger partial charge in [0.1, 0.15) is 0 Å². The van der Waals surface area contributed by atoms with E-state index in [1.165, 1.54) is 0 Å². The Hall–Kier alpha value is -1.88. The van der Waals surface area contributed by atoms with E-state index in [-0.39, 0.29) is 23.8 Å². The molecule has 5 heteroatoms. The lowest BCUT2D eigenvalue weighted by Crippen LogP contribution is -2.34. The maximum absolute atomic E-state index is 12.1. The normalized spacial score (nSPS) is 20.9. The fourth-order valence-electron chi connectivity index (χ4n) is 2.77. The average molecular weight is 303 g/mol. The minimum Gasteiger partial charge on any atom is -0.327 e. The van der Waals surface area contributed by atoms with Crippen molar-refractivity contribution in [3.8, 4) is 0 Å². The quantitative estimate of drug-likeness (QED) is 0.782. The first-order chi connectivity index (χ1) is 10.5. The zero-order chi connectivity index (χ0) is 16.1. The van der Waals surface area contributed by atoms with Crippen molar-refractivity contribution >= 4 is 23.2 Å². The first-order valence-electron chi connectivity index (χ1n) is 7.92. The molecule has 5 nitrogen and oxygen atoms in total. The maximum atomic E-state index is 12.1. The van der Waals surface area contributed by atoms with E-state index >= 15 is 0 Å². The lowest BCUT2D eigenvalue weighted by Gasteiger charge is -2.15. The third kappa shape index (κ3) is 4.56. The van der Waals surface area contributed by atoms with Crippen LogP contribution in [0.1, 0.15) is 39.5 Å². The van der Waals surface area contributed by atoms with Crippen molar-refractivity contribution in [1.29, 1.82) is 0 Å². The summed E-state index contributed by atoms with van der Waals surface area (Å²) in [5.74, 6) is 0.227. The predicted molar refractivity (Wildman–Crippen MR) is 88.5 cm³/mol. The molecule has 22 heavy (non-hydrogen) atoms. The molecular formula is C17H25N3O2. The average Bonchev–Trinajstić information content (AvgIpc) is 2.86. The number of carbonyl (C=O) groups is 2. The second-order valence-corrected chi connectivity index (χ2v) is 6.41. The first-order valence-corrected chi connectivity index (χ1v) is 7.92. The molecule has 2 amide bonds. The van der Waals surface area contributed by atoms with Crippen molar-refractivity contribution in [2.75, 3.05) is 10.6 Å². The maximum Gasteiger partial charge on any atom is 0.229 e. The summed E-state index contributed by atoms with van der Waals surface area (Å²) >= 11 is 0. The van der Waals surface area contributed by atoms with Gasteiger partial charge in [-0.3, -0.25) is 9.59 Å².